The highest BCUT2D eigenvalue weighted by molar-refractivity contribution is 5.94. The highest BCUT2D eigenvalue weighted by Gasteiger charge is 2.12. The SMILES string of the molecule is CC(Nc1ccccc1C(=O)O)c1cnn(C)c1. The van der Waals surface area contributed by atoms with Crippen LogP contribution >= 0.6 is 0 Å². The van der Waals surface area contributed by atoms with Crippen molar-refractivity contribution in [2.75, 3.05) is 5.32 Å². The number of aromatic nitrogens is 2. The first kappa shape index (κ1) is 12.2. The number of carboxylic acids is 1. The number of carboxylic acid groups (broad SMARTS) is 1. The Morgan fingerprint density at radius 1 is 1.44 bits per heavy atom. The predicted octanol–water partition coefficient (Wildman–Crippen LogP) is 2.29. The topological polar surface area (TPSA) is 67.2 Å². The van der Waals surface area contributed by atoms with E-state index < -0.39 is 5.97 Å². The first-order chi connectivity index (χ1) is 8.58. The molecule has 0 amide bonds. The number of carbonyl (C=O) groups is 1. The minimum absolute atomic E-state index is 0.000741. The molecule has 1 unspecified atom stereocenters. The molecule has 2 rings (SSSR count). The maximum absolute atomic E-state index is 11.1. The molecule has 5 heteroatoms. The van der Waals surface area contributed by atoms with Gasteiger partial charge in [0.05, 0.1) is 17.8 Å². The average Bonchev–Trinajstić information content (AvgIpc) is 2.76. The Morgan fingerprint density at radius 2 is 2.17 bits per heavy atom. The molecule has 0 radical (unpaired) electrons. The molecule has 0 spiro atoms. The molecule has 2 N–H and O–H groups in total. The number of para-hydroxylation sites is 1. The number of aryl methyl sites for hydroxylation is 1. The van der Waals surface area contributed by atoms with Crippen molar-refractivity contribution in [2.45, 2.75) is 13.0 Å². The number of hydrogen-bond donors (Lipinski definition) is 2. The molecule has 1 aromatic carbocycles. The third-order valence-electron chi connectivity index (χ3n) is 2.75. The molecule has 0 fully saturated rings. The molecule has 1 heterocycles. The van der Waals surface area contributed by atoms with E-state index in [1.54, 1.807) is 29.1 Å². The summed E-state index contributed by atoms with van der Waals surface area (Å²) in [7, 11) is 1.85. The number of benzene rings is 1. The van der Waals surface area contributed by atoms with Crippen molar-refractivity contribution >= 4 is 11.7 Å². The third-order valence-corrected chi connectivity index (χ3v) is 2.75. The number of aromatic carboxylic acids is 1. The summed E-state index contributed by atoms with van der Waals surface area (Å²) in [5, 5.41) is 16.4. The molecule has 2 aromatic rings. The van der Waals surface area contributed by atoms with Gasteiger partial charge in [0.25, 0.3) is 0 Å². The average molecular weight is 245 g/mol. The fourth-order valence-electron chi connectivity index (χ4n) is 1.78. The number of nitrogens with one attached hydrogen (secondary N) is 1. The smallest absolute Gasteiger partial charge is 0.337 e. The fraction of sp³-hybridized carbons (Fsp3) is 0.231. The lowest BCUT2D eigenvalue weighted by atomic mass is 10.1. The summed E-state index contributed by atoms with van der Waals surface area (Å²) < 4.78 is 1.72. The zero-order chi connectivity index (χ0) is 13.1. The Balaban J connectivity index is 2.21. The Labute approximate surface area is 105 Å². The molecule has 18 heavy (non-hydrogen) atoms. The van der Waals surface area contributed by atoms with Gasteiger partial charge in [0, 0.05) is 24.5 Å². The molecular formula is C13H15N3O2. The molecule has 94 valence electrons. The number of rotatable bonds is 4. The van der Waals surface area contributed by atoms with Crippen molar-refractivity contribution in [2.24, 2.45) is 7.05 Å². The number of nitrogens with zero attached hydrogens (tertiary/aromatic N) is 2. The fourth-order valence-corrected chi connectivity index (χ4v) is 1.78. The van der Waals surface area contributed by atoms with E-state index in [0.717, 1.165) is 5.56 Å². The highest BCUT2D eigenvalue weighted by Crippen LogP contribution is 2.21. The van der Waals surface area contributed by atoms with Gasteiger partial charge in [-0.3, -0.25) is 4.68 Å². The van der Waals surface area contributed by atoms with Crippen molar-refractivity contribution in [3.63, 3.8) is 0 Å². The lowest BCUT2D eigenvalue weighted by Crippen LogP contribution is -2.10. The van der Waals surface area contributed by atoms with Gasteiger partial charge in [-0.25, -0.2) is 4.79 Å². The van der Waals surface area contributed by atoms with E-state index in [9.17, 15) is 4.79 Å². The van der Waals surface area contributed by atoms with Gasteiger partial charge in [0.1, 0.15) is 0 Å². The van der Waals surface area contributed by atoms with Gasteiger partial charge in [-0.1, -0.05) is 12.1 Å². The first-order valence-corrected chi connectivity index (χ1v) is 5.65. The standard InChI is InChI=1S/C13H15N3O2/c1-9(10-7-14-16(2)8-10)15-12-6-4-3-5-11(12)13(17)18/h3-9,15H,1-2H3,(H,17,18). The van der Waals surface area contributed by atoms with Crippen LogP contribution < -0.4 is 5.32 Å². The van der Waals surface area contributed by atoms with E-state index in [1.807, 2.05) is 26.2 Å². The molecule has 0 aliphatic rings. The second kappa shape index (κ2) is 4.91. The summed E-state index contributed by atoms with van der Waals surface area (Å²) in [6.07, 6.45) is 3.67. The van der Waals surface area contributed by atoms with Crippen LogP contribution in [0, 0.1) is 0 Å². The molecule has 1 aromatic heterocycles. The Kier molecular flexibility index (Phi) is 3.32. The minimum Gasteiger partial charge on any atom is -0.478 e. The summed E-state index contributed by atoms with van der Waals surface area (Å²) in [5.74, 6) is -0.934. The Hall–Kier alpha value is -2.30. The van der Waals surface area contributed by atoms with Gasteiger partial charge in [0.15, 0.2) is 0 Å². The summed E-state index contributed by atoms with van der Waals surface area (Å²) in [6, 6.07) is 6.87. The predicted molar refractivity (Wildman–Crippen MR) is 68.6 cm³/mol. The maximum atomic E-state index is 11.1. The van der Waals surface area contributed by atoms with Crippen molar-refractivity contribution in [3.05, 3.63) is 47.8 Å². The van der Waals surface area contributed by atoms with E-state index >= 15 is 0 Å². The van der Waals surface area contributed by atoms with Gasteiger partial charge in [-0.15, -0.1) is 0 Å². The van der Waals surface area contributed by atoms with Crippen LogP contribution in [0.25, 0.3) is 0 Å². The van der Waals surface area contributed by atoms with Crippen LogP contribution in [0.2, 0.25) is 0 Å². The Morgan fingerprint density at radius 3 is 2.78 bits per heavy atom. The monoisotopic (exact) mass is 245 g/mol. The van der Waals surface area contributed by atoms with Gasteiger partial charge in [0.2, 0.25) is 0 Å². The van der Waals surface area contributed by atoms with Crippen molar-refractivity contribution in [3.8, 4) is 0 Å². The maximum Gasteiger partial charge on any atom is 0.337 e. The zero-order valence-electron chi connectivity index (χ0n) is 10.3. The van der Waals surface area contributed by atoms with E-state index in [0.29, 0.717) is 5.69 Å². The minimum atomic E-state index is -0.934. The molecule has 0 bridgehead atoms. The molecule has 0 saturated carbocycles. The van der Waals surface area contributed by atoms with Gasteiger partial charge >= 0.3 is 5.97 Å². The van der Waals surface area contributed by atoms with Crippen molar-refractivity contribution in [1.82, 2.24) is 9.78 Å². The second-order valence-corrected chi connectivity index (χ2v) is 4.16. The molecular weight excluding hydrogens is 230 g/mol. The quantitative estimate of drug-likeness (QED) is 0.867. The summed E-state index contributed by atoms with van der Waals surface area (Å²) in [4.78, 5) is 11.1. The van der Waals surface area contributed by atoms with E-state index in [4.69, 9.17) is 5.11 Å². The summed E-state index contributed by atoms with van der Waals surface area (Å²) in [5.41, 5.74) is 1.90. The summed E-state index contributed by atoms with van der Waals surface area (Å²) >= 11 is 0. The largest absolute Gasteiger partial charge is 0.478 e. The second-order valence-electron chi connectivity index (χ2n) is 4.16. The van der Waals surface area contributed by atoms with Crippen LogP contribution in [0.1, 0.15) is 28.9 Å². The van der Waals surface area contributed by atoms with Crippen LogP contribution in [-0.4, -0.2) is 20.9 Å². The van der Waals surface area contributed by atoms with E-state index in [-0.39, 0.29) is 11.6 Å². The third kappa shape index (κ3) is 2.51. The number of anilines is 1. The molecule has 0 aliphatic carbocycles. The normalized spacial score (nSPS) is 12.1. The Bertz CT molecular complexity index is 563. The zero-order valence-corrected chi connectivity index (χ0v) is 10.3. The highest BCUT2D eigenvalue weighted by atomic mass is 16.4. The van der Waals surface area contributed by atoms with Crippen LogP contribution in [0.5, 0.6) is 0 Å². The molecule has 5 nitrogen and oxygen atoms in total. The van der Waals surface area contributed by atoms with Gasteiger partial charge < -0.3 is 10.4 Å². The van der Waals surface area contributed by atoms with Crippen LogP contribution in [0.4, 0.5) is 5.69 Å². The van der Waals surface area contributed by atoms with Crippen LogP contribution in [0.3, 0.4) is 0 Å². The van der Waals surface area contributed by atoms with Gasteiger partial charge in [-0.2, -0.15) is 5.10 Å². The van der Waals surface area contributed by atoms with Crippen molar-refractivity contribution < 1.29 is 9.90 Å². The molecule has 0 aliphatic heterocycles. The molecule has 0 saturated heterocycles. The van der Waals surface area contributed by atoms with E-state index in [1.165, 1.54) is 0 Å². The lowest BCUT2D eigenvalue weighted by Gasteiger charge is -2.15. The van der Waals surface area contributed by atoms with Gasteiger partial charge in [-0.05, 0) is 19.1 Å². The van der Waals surface area contributed by atoms with Crippen LogP contribution in [-0.2, 0) is 7.05 Å². The lowest BCUT2D eigenvalue weighted by molar-refractivity contribution is 0.0698. The van der Waals surface area contributed by atoms with E-state index in [2.05, 4.69) is 10.4 Å². The first-order valence-electron chi connectivity index (χ1n) is 5.65. The van der Waals surface area contributed by atoms with Crippen LogP contribution in [0.15, 0.2) is 36.7 Å². The van der Waals surface area contributed by atoms with Crippen molar-refractivity contribution in [1.29, 1.82) is 0 Å². The summed E-state index contributed by atoms with van der Waals surface area (Å²) in [6.45, 7) is 1.97. The number of hydrogen-bond acceptors (Lipinski definition) is 3. The molecule has 1 atom stereocenters.